The van der Waals surface area contributed by atoms with Gasteiger partial charge in [0.2, 0.25) is 0 Å². The summed E-state index contributed by atoms with van der Waals surface area (Å²) in [5.74, 6) is -1.14. The SMILES string of the molecule is COc1ccnc(C(=S)C[C@H](N)C(=O)O)c1O. The van der Waals surface area contributed by atoms with Gasteiger partial charge >= 0.3 is 5.97 Å². The summed E-state index contributed by atoms with van der Waals surface area (Å²) in [5.41, 5.74) is 5.47. The Kier molecular flexibility index (Phi) is 4.36. The quantitative estimate of drug-likeness (QED) is 0.514. The van der Waals surface area contributed by atoms with E-state index in [-0.39, 0.29) is 28.5 Å². The lowest BCUT2D eigenvalue weighted by atomic mass is 10.1. The molecule has 1 aromatic heterocycles. The molecule has 17 heavy (non-hydrogen) atoms. The van der Waals surface area contributed by atoms with Crippen molar-refractivity contribution in [2.24, 2.45) is 5.73 Å². The highest BCUT2D eigenvalue weighted by molar-refractivity contribution is 7.80. The molecular formula is C10H12N2O4S. The Morgan fingerprint density at radius 2 is 2.35 bits per heavy atom. The maximum Gasteiger partial charge on any atom is 0.320 e. The zero-order valence-corrected chi connectivity index (χ0v) is 9.90. The molecule has 92 valence electrons. The lowest BCUT2D eigenvalue weighted by molar-refractivity contribution is -0.138. The van der Waals surface area contributed by atoms with Crippen molar-refractivity contribution in [3.05, 3.63) is 18.0 Å². The Hall–Kier alpha value is -1.73. The smallest absolute Gasteiger partial charge is 0.320 e. The van der Waals surface area contributed by atoms with Gasteiger partial charge in [-0.15, -0.1) is 0 Å². The lowest BCUT2D eigenvalue weighted by Crippen LogP contribution is -2.32. The van der Waals surface area contributed by atoms with Gasteiger partial charge in [-0.1, -0.05) is 12.2 Å². The fourth-order valence-electron chi connectivity index (χ4n) is 1.19. The minimum absolute atomic E-state index is 0.0710. The third-order valence-electron chi connectivity index (χ3n) is 2.09. The molecule has 0 saturated heterocycles. The van der Waals surface area contributed by atoms with Gasteiger partial charge in [0, 0.05) is 23.5 Å². The monoisotopic (exact) mass is 256 g/mol. The van der Waals surface area contributed by atoms with Gasteiger partial charge in [-0.25, -0.2) is 0 Å². The number of pyridine rings is 1. The van der Waals surface area contributed by atoms with Crippen molar-refractivity contribution >= 4 is 23.1 Å². The molecule has 0 saturated carbocycles. The molecular weight excluding hydrogens is 244 g/mol. The summed E-state index contributed by atoms with van der Waals surface area (Å²) in [6.45, 7) is 0. The van der Waals surface area contributed by atoms with Crippen LogP contribution in [0.3, 0.4) is 0 Å². The number of thiocarbonyl (C=S) groups is 1. The first-order valence-electron chi connectivity index (χ1n) is 4.71. The number of aromatic hydroxyl groups is 1. The number of nitrogens with two attached hydrogens (primary N) is 1. The second-order valence-electron chi connectivity index (χ2n) is 3.28. The van der Waals surface area contributed by atoms with Crippen molar-refractivity contribution in [1.29, 1.82) is 0 Å². The number of carbonyl (C=O) groups is 1. The van der Waals surface area contributed by atoms with Gasteiger partial charge in [0.15, 0.2) is 11.5 Å². The van der Waals surface area contributed by atoms with Crippen LogP contribution in [0.25, 0.3) is 0 Å². The fourth-order valence-corrected chi connectivity index (χ4v) is 1.52. The molecule has 0 spiro atoms. The van der Waals surface area contributed by atoms with Crippen molar-refractivity contribution < 1.29 is 19.7 Å². The van der Waals surface area contributed by atoms with Crippen LogP contribution in [-0.2, 0) is 4.79 Å². The molecule has 1 aromatic rings. The van der Waals surface area contributed by atoms with E-state index in [9.17, 15) is 9.90 Å². The van der Waals surface area contributed by atoms with E-state index in [4.69, 9.17) is 27.8 Å². The molecule has 0 aromatic carbocycles. The fraction of sp³-hybridized carbons (Fsp3) is 0.300. The molecule has 0 unspecified atom stereocenters. The average Bonchev–Trinajstić information content (AvgIpc) is 2.28. The van der Waals surface area contributed by atoms with Crippen molar-refractivity contribution in [3.63, 3.8) is 0 Å². The highest BCUT2D eigenvalue weighted by Crippen LogP contribution is 2.28. The van der Waals surface area contributed by atoms with E-state index in [2.05, 4.69) is 4.98 Å². The molecule has 1 rings (SSSR count). The van der Waals surface area contributed by atoms with Gasteiger partial charge in [-0.3, -0.25) is 9.78 Å². The van der Waals surface area contributed by atoms with Gasteiger partial charge in [0.25, 0.3) is 0 Å². The van der Waals surface area contributed by atoms with Crippen LogP contribution in [0.15, 0.2) is 12.3 Å². The van der Waals surface area contributed by atoms with Crippen LogP contribution in [0.4, 0.5) is 0 Å². The molecule has 4 N–H and O–H groups in total. The van der Waals surface area contributed by atoms with E-state index in [0.29, 0.717) is 0 Å². The number of aliphatic carboxylic acids is 1. The van der Waals surface area contributed by atoms with Crippen LogP contribution in [0.1, 0.15) is 12.1 Å². The van der Waals surface area contributed by atoms with Gasteiger partial charge in [-0.05, 0) is 0 Å². The average molecular weight is 256 g/mol. The minimum Gasteiger partial charge on any atom is -0.503 e. The number of rotatable bonds is 5. The summed E-state index contributed by atoms with van der Waals surface area (Å²) in [6.07, 6.45) is 1.34. The Balaban J connectivity index is 2.93. The number of aromatic nitrogens is 1. The van der Waals surface area contributed by atoms with E-state index in [1.165, 1.54) is 19.4 Å². The summed E-state index contributed by atoms with van der Waals surface area (Å²) in [5, 5.41) is 18.4. The van der Waals surface area contributed by atoms with Crippen molar-refractivity contribution in [2.45, 2.75) is 12.5 Å². The summed E-state index contributed by atoms with van der Waals surface area (Å²) in [7, 11) is 1.39. The maximum absolute atomic E-state index is 10.6. The Morgan fingerprint density at radius 3 is 2.88 bits per heavy atom. The summed E-state index contributed by atoms with van der Waals surface area (Å²) in [4.78, 5) is 14.6. The van der Waals surface area contributed by atoms with Gasteiger partial charge < -0.3 is 20.7 Å². The first-order valence-corrected chi connectivity index (χ1v) is 5.11. The first kappa shape index (κ1) is 13.3. The highest BCUT2D eigenvalue weighted by Gasteiger charge is 2.19. The van der Waals surface area contributed by atoms with E-state index in [1.54, 1.807) is 0 Å². The van der Waals surface area contributed by atoms with Crippen molar-refractivity contribution in [1.82, 2.24) is 4.98 Å². The predicted molar refractivity (Wildman–Crippen MR) is 64.4 cm³/mol. The molecule has 1 atom stereocenters. The van der Waals surface area contributed by atoms with E-state index in [0.717, 1.165) is 0 Å². The molecule has 0 bridgehead atoms. The maximum atomic E-state index is 10.6. The molecule has 0 aliphatic heterocycles. The Labute approximate surface area is 103 Å². The second kappa shape index (κ2) is 5.55. The number of carboxylic acid groups (broad SMARTS) is 1. The molecule has 0 aliphatic carbocycles. The normalized spacial score (nSPS) is 11.9. The molecule has 0 amide bonds. The lowest BCUT2D eigenvalue weighted by Gasteiger charge is -2.10. The van der Waals surface area contributed by atoms with Crippen LogP contribution in [-0.4, -0.2) is 39.2 Å². The number of hydrogen-bond donors (Lipinski definition) is 3. The standard InChI is InChI=1S/C10H12N2O4S/c1-16-6-2-3-12-8(9(6)13)7(17)4-5(11)10(14)15/h2-3,5,13H,4,11H2,1H3,(H,14,15)/t5-/m0/s1. The van der Waals surface area contributed by atoms with Crippen LogP contribution >= 0.6 is 12.2 Å². The van der Waals surface area contributed by atoms with E-state index >= 15 is 0 Å². The van der Waals surface area contributed by atoms with Crippen molar-refractivity contribution in [2.75, 3.05) is 7.11 Å². The molecule has 0 fully saturated rings. The molecule has 6 nitrogen and oxygen atoms in total. The summed E-state index contributed by atoms with van der Waals surface area (Å²) in [6, 6.07) is 0.355. The second-order valence-corrected chi connectivity index (χ2v) is 3.78. The zero-order chi connectivity index (χ0) is 13.0. The molecule has 1 heterocycles. The van der Waals surface area contributed by atoms with Crippen LogP contribution in [0.2, 0.25) is 0 Å². The third kappa shape index (κ3) is 3.11. The number of nitrogens with zero attached hydrogens (tertiary/aromatic N) is 1. The highest BCUT2D eigenvalue weighted by atomic mass is 32.1. The number of carboxylic acids is 1. The number of hydrogen-bond acceptors (Lipinski definition) is 6. The number of methoxy groups -OCH3 is 1. The molecule has 0 radical (unpaired) electrons. The van der Waals surface area contributed by atoms with Gasteiger partial charge in [-0.2, -0.15) is 0 Å². The van der Waals surface area contributed by atoms with Gasteiger partial charge in [0.05, 0.1) is 7.11 Å². The van der Waals surface area contributed by atoms with E-state index in [1.807, 2.05) is 0 Å². The minimum atomic E-state index is -1.16. The molecule has 0 aliphatic rings. The van der Waals surface area contributed by atoms with Gasteiger partial charge in [0.1, 0.15) is 11.7 Å². The zero-order valence-electron chi connectivity index (χ0n) is 9.08. The van der Waals surface area contributed by atoms with Crippen LogP contribution < -0.4 is 10.5 Å². The summed E-state index contributed by atoms with van der Waals surface area (Å²) < 4.78 is 4.89. The van der Waals surface area contributed by atoms with Crippen LogP contribution in [0, 0.1) is 0 Å². The Morgan fingerprint density at radius 1 is 1.71 bits per heavy atom. The molecule has 7 heteroatoms. The largest absolute Gasteiger partial charge is 0.503 e. The van der Waals surface area contributed by atoms with E-state index < -0.39 is 12.0 Å². The number of ether oxygens (including phenoxy) is 1. The first-order chi connectivity index (χ1) is 7.97. The summed E-state index contributed by atoms with van der Waals surface area (Å²) >= 11 is 4.99. The Bertz CT molecular complexity index is 450. The van der Waals surface area contributed by atoms with Crippen LogP contribution in [0.5, 0.6) is 11.5 Å². The van der Waals surface area contributed by atoms with Crippen molar-refractivity contribution in [3.8, 4) is 11.5 Å². The topological polar surface area (TPSA) is 106 Å². The predicted octanol–water partition coefficient (Wildman–Crippen LogP) is 0.316. The third-order valence-corrected chi connectivity index (χ3v) is 2.45.